The van der Waals surface area contributed by atoms with Gasteiger partial charge in [0.1, 0.15) is 0 Å². The Kier molecular flexibility index (Phi) is 5.31. The van der Waals surface area contributed by atoms with Crippen LogP contribution in [-0.4, -0.2) is 10.9 Å². The van der Waals surface area contributed by atoms with Crippen molar-refractivity contribution in [2.75, 3.05) is 5.32 Å². The molecule has 0 fully saturated rings. The van der Waals surface area contributed by atoms with E-state index >= 15 is 0 Å². The molecule has 0 unspecified atom stereocenters. The highest BCUT2D eigenvalue weighted by Gasteiger charge is 2.07. The number of nitrogens with zero attached hydrogens (tertiary/aromatic N) is 1. The largest absolute Gasteiger partial charge is 0.354 e. The number of halogens is 1. The number of amides is 1. The molecule has 1 aromatic heterocycles. The summed E-state index contributed by atoms with van der Waals surface area (Å²) < 4.78 is 0. The Bertz CT molecular complexity index is 878. The summed E-state index contributed by atoms with van der Waals surface area (Å²) in [6.45, 7) is 2.46. The molecule has 2 aromatic carbocycles. The number of para-hydroxylation sites is 1. The Balaban J connectivity index is 1.67. The first-order valence-electron chi connectivity index (χ1n) is 7.92. The third-order valence-electron chi connectivity index (χ3n) is 3.79. The second-order valence-electron chi connectivity index (χ2n) is 5.71. The summed E-state index contributed by atoms with van der Waals surface area (Å²) in [7, 11) is 0. The van der Waals surface area contributed by atoms with Gasteiger partial charge < -0.3 is 10.6 Å². The monoisotopic (exact) mass is 351 g/mol. The number of aromatic nitrogens is 1. The highest BCUT2D eigenvalue weighted by molar-refractivity contribution is 6.30. The van der Waals surface area contributed by atoms with E-state index in [0.29, 0.717) is 17.1 Å². The molecule has 2 N–H and O–H groups in total. The Morgan fingerprint density at radius 2 is 1.84 bits per heavy atom. The van der Waals surface area contributed by atoms with Gasteiger partial charge in [0.05, 0.1) is 17.4 Å². The minimum absolute atomic E-state index is 0.170. The van der Waals surface area contributed by atoms with Gasteiger partial charge in [-0.05, 0) is 42.3 Å². The van der Waals surface area contributed by atoms with Crippen molar-refractivity contribution < 1.29 is 4.79 Å². The van der Waals surface area contributed by atoms with E-state index in [1.54, 1.807) is 30.6 Å². The van der Waals surface area contributed by atoms with Crippen molar-refractivity contribution in [2.24, 2.45) is 0 Å². The second kappa shape index (κ2) is 7.81. The van der Waals surface area contributed by atoms with Crippen molar-refractivity contribution in [3.8, 4) is 0 Å². The summed E-state index contributed by atoms with van der Waals surface area (Å²) >= 11 is 5.86. The van der Waals surface area contributed by atoms with Crippen molar-refractivity contribution in [1.29, 1.82) is 0 Å². The third kappa shape index (κ3) is 4.58. The highest BCUT2D eigenvalue weighted by Crippen LogP contribution is 2.20. The van der Waals surface area contributed by atoms with Gasteiger partial charge in [0.2, 0.25) is 0 Å². The predicted molar refractivity (Wildman–Crippen MR) is 101 cm³/mol. The van der Waals surface area contributed by atoms with Crippen molar-refractivity contribution in [3.05, 3.63) is 88.7 Å². The first-order chi connectivity index (χ1) is 12.1. The maximum Gasteiger partial charge on any atom is 0.253 e. The van der Waals surface area contributed by atoms with Crippen molar-refractivity contribution in [2.45, 2.75) is 13.5 Å². The average Bonchev–Trinajstić information content (AvgIpc) is 2.63. The van der Waals surface area contributed by atoms with Crippen LogP contribution >= 0.6 is 11.6 Å². The Morgan fingerprint density at radius 3 is 2.60 bits per heavy atom. The molecule has 3 aromatic rings. The zero-order valence-corrected chi connectivity index (χ0v) is 14.5. The van der Waals surface area contributed by atoms with Crippen LogP contribution in [0.15, 0.2) is 67.0 Å². The lowest BCUT2D eigenvalue weighted by atomic mass is 10.2. The lowest BCUT2D eigenvalue weighted by molar-refractivity contribution is 0.0950. The number of nitrogens with one attached hydrogen (secondary N) is 2. The maximum absolute atomic E-state index is 12.4. The number of rotatable bonds is 5. The molecule has 0 radical (unpaired) electrons. The fraction of sp³-hybridized carbons (Fsp3) is 0.100. The minimum Gasteiger partial charge on any atom is -0.354 e. The molecule has 0 bridgehead atoms. The van der Waals surface area contributed by atoms with Crippen LogP contribution in [0.25, 0.3) is 0 Å². The molecule has 1 amide bonds. The number of anilines is 2. The molecule has 25 heavy (non-hydrogen) atoms. The van der Waals surface area contributed by atoms with Crippen LogP contribution in [0.4, 0.5) is 11.4 Å². The molecule has 3 rings (SSSR count). The number of hydrogen-bond donors (Lipinski definition) is 2. The van der Waals surface area contributed by atoms with Crippen LogP contribution < -0.4 is 10.6 Å². The molecule has 0 saturated carbocycles. The molecule has 0 atom stereocenters. The fourth-order valence-electron chi connectivity index (χ4n) is 2.39. The number of benzene rings is 2. The topological polar surface area (TPSA) is 54.0 Å². The van der Waals surface area contributed by atoms with Gasteiger partial charge in [0, 0.05) is 23.5 Å². The molecule has 4 nitrogen and oxygen atoms in total. The van der Waals surface area contributed by atoms with E-state index in [1.165, 1.54) is 0 Å². The number of carbonyl (C=O) groups is 1. The van der Waals surface area contributed by atoms with Gasteiger partial charge >= 0.3 is 0 Å². The average molecular weight is 352 g/mol. The quantitative estimate of drug-likeness (QED) is 0.699. The van der Waals surface area contributed by atoms with Crippen LogP contribution in [0.5, 0.6) is 0 Å². The van der Waals surface area contributed by atoms with E-state index in [1.807, 2.05) is 43.3 Å². The molecule has 0 aliphatic rings. The van der Waals surface area contributed by atoms with E-state index < -0.39 is 0 Å². The normalized spacial score (nSPS) is 10.3. The van der Waals surface area contributed by atoms with Gasteiger partial charge in [-0.1, -0.05) is 41.9 Å². The molecule has 0 spiro atoms. The summed E-state index contributed by atoms with van der Waals surface area (Å²) in [5.74, 6) is -0.170. The van der Waals surface area contributed by atoms with E-state index in [4.69, 9.17) is 11.6 Å². The van der Waals surface area contributed by atoms with Crippen molar-refractivity contribution in [1.82, 2.24) is 10.3 Å². The van der Waals surface area contributed by atoms with Gasteiger partial charge in [0.15, 0.2) is 0 Å². The summed E-state index contributed by atoms with van der Waals surface area (Å²) in [4.78, 5) is 16.5. The Labute approximate surface area is 151 Å². The zero-order chi connectivity index (χ0) is 17.6. The van der Waals surface area contributed by atoms with Crippen molar-refractivity contribution in [3.63, 3.8) is 0 Å². The van der Waals surface area contributed by atoms with E-state index in [9.17, 15) is 4.79 Å². The standard InChI is InChI=1S/C20H18ClN3O/c1-14-4-2-3-5-19(14)24-18-10-16(12-22-13-18)20(25)23-11-15-6-8-17(21)9-7-15/h2-10,12-13,24H,11H2,1H3,(H,23,25). The number of pyridine rings is 1. The first-order valence-corrected chi connectivity index (χ1v) is 8.30. The van der Waals surface area contributed by atoms with Crippen LogP contribution in [-0.2, 0) is 6.54 Å². The van der Waals surface area contributed by atoms with Gasteiger partial charge in [-0.15, -0.1) is 0 Å². The SMILES string of the molecule is Cc1ccccc1Nc1cncc(C(=O)NCc2ccc(Cl)cc2)c1. The fourth-order valence-corrected chi connectivity index (χ4v) is 2.51. The second-order valence-corrected chi connectivity index (χ2v) is 6.15. The van der Waals surface area contributed by atoms with Crippen LogP contribution in [0.1, 0.15) is 21.5 Å². The van der Waals surface area contributed by atoms with Crippen LogP contribution in [0.2, 0.25) is 5.02 Å². The summed E-state index contributed by atoms with van der Waals surface area (Å²) in [6.07, 6.45) is 3.25. The van der Waals surface area contributed by atoms with Gasteiger partial charge in [0.25, 0.3) is 5.91 Å². The van der Waals surface area contributed by atoms with Crippen molar-refractivity contribution >= 4 is 28.9 Å². The van der Waals surface area contributed by atoms with Crippen LogP contribution in [0, 0.1) is 6.92 Å². The van der Waals surface area contributed by atoms with Gasteiger partial charge in [-0.2, -0.15) is 0 Å². The molecule has 0 saturated heterocycles. The van der Waals surface area contributed by atoms with Gasteiger partial charge in [-0.25, -0.2) is 0 Å². The smallest absolute Gasteiger partial charge is 0.253 e. The molecule has 1 heterocycles. The maximum atomic E-state index is 12.4. The molecule has 0 aliphatic carbocycles. The Morgan fingerprint density at radius 1 is 1.08 bits per heavy atom. The lowest BCUT2D eigenvalue weighted by Crippen LogP contribution is -2.23. The highest BCUT2D eigenvalue weighted by atomic mass is 35.5. The minimum atomic E-state index is -0.170. The zero-order valence-electron chi connectivity index (χ0n) is 13.8. The number of hydrogen-bond acceptors (Lipinski definition) is 3. The van der Waals surface area contributed by atoms with E-state index in [-0.39, 0.29) is 5.91 Å². The summed E-state index contributed by atoms with van der Waals surface area (Å²) in [6, 6.07) is 17.1. The molecule has 0 aliphatic heterocycles. The molecule has 126 valence electrons. The van der Waals surface area contributed by atoms with E-state index in [2.05, 4.69) is 15.6 Å². The molecular weight excluding hydrogens is 334 g/mol. The lowest BCUT2D eigenvalue weighted by Gasteiger charge is -2.10. The van der Waals surface area contributed by atoms with Gasteiger partial charge in [-0.3, -0.25) is 9.78 Å². The first kappa shape index (κ1) is 17.0. The van der Waals surface area contributed by atoms with Crippen LogP contribution in [0.3, 0.4) is 0 Å². The third-order valence-corrected chi connectivity index (χ3v) is 4.04. The Hall–Kier alpha value is -2.85. The van der Waals surface area contributed by atoms with E-state index in [0.717, 1.165) is 22.5 Å². The predicted octanol–water partition coefficient (Wildman–Crippen LogP) is 4.72. The molecule has 5 heteroatoms. The number of carbonyl (C=O) groups excluding carboxylic acids is 1. The summed E-state index contributed by atoms with van der Waals surface area (Å²) in [5, 5.41) is 6.85. The number of aryl methyl sites for hydroxylation is 1. The summed E-state index contributed by atoms with van der Waals surface area (Å²) in [5.41, 5.74) is 4.38. The molecular formula is C20H18ClN3O.